The zero-order valence-electron chi connectivity index (χ0n) is 19.2. The Morgan fingerprint density at radius 1 is 0.800 bits per heavy atom. The van der Waals surface area contributed by atoms with E-state index in [9.17, 15) is 14.7 Å². The largest absolute Gasteiger partial charge is 0.504 e. The van der Waals surface area contributed by atoms with Gasteiger partial charge in [0.15, 0.2) is 11.5 Å². The van der Waals surface area contributed by atoms with Crippen LogP contribution in [0.4, 0.5) is 0 Å². The third-order valence-corrected chi connectivity index (χ3v) is 5.69. The van der Waals surface area contributed by atoms with Crippen LogP contribution in [0, 0.1) is 0 Å². The second kappa shape index (κ2) is 16.9. The van der Waals surface area contributed by atoms with Gasteiger partial charge in [-0.2, -0.15) is 0 Å². The summed E-state index contributed by atoms with van der Waals surface area (Å²) in [7, 11) is 1.36. The van der Waals surface area contributed by atoms with Crippen molar-refractivity contribution < 1.29 is 19.4 Å². The number of aliphatic hydroxyl groups excluding tert-OH is 1. The monoisotopic (exact) mass is 418 g/mol. The Hall–Kier alpha value is -1.84. The summed E-state index contributed by atoms with van der Waals surface area (Å²) in [6.45, 7) is 2.26. The molecular formula is C26H42O4. The Morgan fingerprint density at radius 3 is 1.83 bits per heavy atom. The summed E-state index contributed by atoms with van der Waals surface area (Å²) in [5, 5.41) is 9.86. The Bertz CT molecular complexity index is 598. The molecule has 0 radical (unpaired) electrons. The maximum absolute atomic E-state index is 12.1. The van der Waals surface area contributed by atoms with E-state index in [4.69, 9.17) is 4.74 Å². The minimum Gasteiger partial charge on any atom is -0.504 e. The highest BCUT2D eigenvalue weighted by molar-refractivity contribution is 6.20. The minimum absolute atomic E-state index is 0.0221. The first-order valence-corrected chi connectivity index (χ1v) is 12.0. The van der Waals surface area contributed by atoms with Gasteiger partial charge in [0, 0.05) is 11.6 Å². The lowest BCUT2D eigenvalue weighted by molar-refractivity contribution is -0.119. The predicted octanol–water partition coefficient (Wildman–Crippen LogP) is 7.30. The summed E-state index contributed by atoms with van der Waals surface area (Å²) in [6, 6.07) is 0. The van der Waals surface area contributed by atoms with Crippen LogP contribution in [-0.4, -0.2) is 23.8 Å². The van der Waals surface area contributed by atoms with Crippen molar-refractivity contribution in [3.8, 4) is 0 Å². The van der Waals surface area contributed by atoms with E-state index in [0.29, 0.717) is 6.42 Å². The summed E-state index contributed by atoms with van der Waals surface area (Å²) in [5.74, 6) is -1.29. The van der Waals surface area contributed by atoms with Gasteiger partial charge < -0.3 is 9.84 Å². The van der Waals surface area contributed by atoms with Crippen molar-refractivity contribution in [2.75, 3.05) is 7.11 Å². The van der Waals surface area contributed by atoms with Crippen LogP contribution in [0.5, 0.6) is 0 Å². The number of carbonyl (C=O) groups is 2. The molecule has 0 fully saturated rings. The van der Waals surface area contributed by atoms with E-state index >= 15 is 0 Å². The number of methoxy groups -OCH3 is 1. The fourth-order valence-electron chi connectivity index (χ4n) is 3.77. The van der Waals surface area contributed by atoms with Crippen LogP contribution in [0.25, 0.3) is 0 Å². The normalized spacial score (nSPS) is 14.7. The zero-order chi connectivity index (χ0) is 22.0. The summed E-state index contributed by atoms with van der Waals surface area (Å²) in [5.41, 5.74) is 0.201. The molecule has 0 atom stereocenters. The number of allylic oxidation sites excluding steroid dienone is 4. The van der Waals surface area contributed by atoms with Crippen molar-refractivity contribution in [2.24, 2.45) is 0 Å². The molecular weight excluding hydrogens is 376 g/mol. The van der Waals surface area contributed by atoms with Crippen molar-refractivity contribution in [1.29, 1.82) is 0 Å². The molecule has 170 valence electrons. The number of hydrogen-bond donors (Lipinski definition) is 1. The molecule has 0 aromatic rings. The first-order valence-electron chi connectivity index (χ1n) is 12.0. The highest BCUT2D eigenvalue weighted by Crippen LogP contribution is 2.23. The Labute approximate surface area is 183 Å². The second-order valence-electron chi connectivity index (χ2n) is 8.27. The SMILES string of the molecule is CCCCCCCCC=CCCCCCCCCCC1=C(O)C(=O)C=C(OC)C1=O. The Balaban J connectivity index is 1.97. The van der Waals surface area contributed by atoms with Gasteiger partial charge in [0.25, 0.3) is 0 Å². The summed E-state index contributed by atoms with van der Waals surface area (Å²) >= 11 is 0. The molecule has 0 aromatic heterocycles. The quantitative estimate of drug-likeness (QED) is 0.144. The summed E-state index contributed by atoms with van der Waals surface area (Å²) in [4.78, 5) is 23.8. The molecule has 0 amide bonds. The fraction of sp³-hybridized carbons (Fsp3) is 0.692. The zero-order valence-corrected chi connectivity index (χ0v) is 19.2. The lowest BCUT2D eigenvalue weighted by Crippen LogP contribution is -2.20. The van der Waals surface area contributed by atoms with Crippen molar-refractivity contribution in [3.63, 3.8) is 0 Å². The van der Waals surface area contributed by atoms with Crippen molar-refractivity contribution in [3.05, 3.63) is 35.3 Å². The smallest absolute Gasteiger partial charge is 0.227 e. The number of ether oxygens (including phenoxy) is 1. The Kier molecular flexibility index (Phi) is 14.8. The second-order valence-corrected chi connectivity index (χ2v) is 8.27. The lowest BCUT2D eigenvalue weighted by atomic mass is 9.94. The van der Waals surface area contributed by atoms with Crippen molar-refractivity contribution in [1.82, 2.24) is 0 Å². The van der Waals surface area contributed by atoms with Gasteiger partial charge in [-0.1, -0.05) is 83.3 Å². The first-order chi connectivity index (χ1) is 14.6. The molecule has 0 aliphatic heterocycles. The molecule has 1 aliphatic rings. The van der Waals surface area contributed by atoms with E-state index in [1.165, 1.54) is 84.2 Å². The first kappa shape index (κ1) is 26.2. The number of rotatable bonds is 18. The molecule has 0 saturated heterocycles. The maximum atomic E-state index is 12.1. The van der Waals surface area contributed by atoms with Crippen LogP contribution >= 0.6 is 0 Å². The van der Waals surface area contributed by atoms with E-state index in [1.807, 2.05) is 0 Å². The molecule has 30 heavy (non-hydrogen) atoms. The summed E-state index contributed by atoms with van der Waals surface area (Å²) < 4.78 is 4.93. The van der Waals surface area contributed by atoms with E-state index in [1.54, 1.807) is 0 Å². The van der Waals surface area contributed by atoms with Crippen LogP contribution in [0.15, 0.2) is 35.3 Å². The standard InChI is InChI=1S/C26H42O4/c1-3-4-5-6-7-8-9-10-11-12-13-14-15-16-17-18-19-20-22-25(28)23(27)21-24(30-2)26(22)29/h10-11,21,28H,3-9,12-20H2,1-2H3. The average molecular weight is 419 g/mol. The van der Waals surface area contributed by atoms with E-state index in [-0.39, 0.29) is 17.1 Å². The molecule has 0 bridgehead atoms. The lowest BCUT2D eigenvalue weighted by Gasteiger charge is -2.14. The van der Waals surface area contributed by atoms with Crippen LogP contribution in [0.2, 0.25) is 0 Å². The molecule has 4 nitrogen and oxygen atoms in total. The van der Waals surface area contributed by atoms with Crippen LogP contribution < -0.4 is 0 Å². The van der Waals surface area contributed by atoms with E-state index in [2.05, 4.69) is 19.1 Å². The summed E-state index contributed by atoms with van der Waals surface area (Å²) in [6.07, 6.45) is 24.7. The molecule has 1 aliphatic carbocycles. The van der Waals surface area contributed by atoms with E-state index in [0.717, 1.165) is 25.3 Å². The number of hydrogen-bond acceptors (Lipinski definition) is 4. The number of ketones is 2. The molecule has 0 saturated carbocycles. The molecule has 1 N–H and O–H groups in total. The molecule has 4 heteroatoms. The average Bonchev–Trinajstić information content (AvgIpc) is 2.75. The van der Waals surface area contributed by atoms with Crippen LogP contribution in [-0.2, 0) is 14.3 Å². The van der Waals surface area contributed by atoms with Gasteiger partial charge in [0.05, 0.1) is 7.11 Å². The van der Waals surface area contributed by atoms with E-state index < -0.39 is 11.5 Å². The molecule has 1 rings (SSSR count). The van der Waals surface area contributed by atoms with Crippen molar-refractivity contribution in [2.45, 2.75) is 110 Å². The third-order valence-electron chi connectivity index (χ3n) is 5.69. The highest BCUT2D eigenvalue weighted by Gasteiger charge is 2.28. The fourth-order valence-corrected chi connectivity index (χ4v) is 3.77. The van der Waals surface area contributed by atoms with Gasteiger partial charge in [-0.25, -0.2) is 0 Å². The van der Waals surface area contributed by atoms with Crippen LogP contribution in [0.3, 0.4) is 0 Å². The maximum Gasteiger partial charge on any atom is 0.227 e. The number of carbonyl (C=O) groups excluding carboxylic acids is 2. The van der Waals surface area contributed by atoms with Gasteiger partial charge in [-0.15, -0.1) is 0 Å². The predicted molar refractivity (Wildman–Crippen MR) is 123 cm³/mol. The number of Topliss-reactive ketones (excluding diaryl/α,β-unsaturated/α-hetero) is 1. The minimum atomic E-state index is -0.539. The van der Waals surface area contributed by atoms with Gasteiger partial charge in [0.1, 0.15) is 0 Å². The van der Waals surface area contributed by atoms with Gasteiger partial charge in [-0.3, -0.25) is 9.59 Å². The van der Waals surface area contributed by atoms with Crippen LogP contribution in [0.1, 0.15) is 110 Å². The highest BCUT2D eigenvalue weighted by atomic mass is 16.5. The number of unbranched alkanes of at least 4 members (excludes halogenated alkanes) is 13. The van der Waals surface area contributed by atoms with Gasteiger partial charge in [0.2, 0.25) is 11.6 Å². The molecule has 0 aromatic carbocycles. The topological polar surface area (TPSA) is 63.6 Å². The molecule has 0 unspecified atom stereocenters. The Morgan fingerprint density at radius 2 is 1.30 bits per heavy atom. The third kappa shape index (κ3) is 10.8. The van der Waals surface area contributed by atoms with Gasteiger partial charge >= 0.3 is 0 Å². The van der Waals surface area contributed by atoms with Gasteiger partial charge in [-0.05, 0) is 38.5 Å². The molecule has 0 heterocycles. The van der Waals surface area contributed by atoms with Crippen molar-refractivity contribution >= 4 is 11.6 Å². The number of aliphatic hydroxyl groups is 1. The molecule has 0 spiro atoms.